The predicted molar refractivity (Wildman–Crippen MR) is 131 cm³/mol. The highest BCUT2D eigenvalue weighted by Gasteiger charge is 2.52. The van der Waals surface area contributed by atoms with Crippen molar-refractivity contribution in [3.8, 4) is 5.75 Å². The fourth-order valence-electron chi connectivity index (χ4n) is 6.87. The molecule has 7 heteroatoms. The average Bonchev–Trinajstić information content (AvgIpc) is 2.83. The van der Waals surface area contributed by atoms with Crippen LogP contribution >= 0.6 is 0 Å². The molecule has 4 aliphatic carbocycles. The largest absolute Gasteiger partial charge is 0.478 e. The number of aromatic carboxylic acids is 1. The molecule has 186 valence electrons. The Kier molecular flexibility index (Phi) is 6.80. The molecule has 0 aromatic heterocycles. The number of carbonyl (C=O) groups excluding carboxylic acids is 1. The maximum atomic E-state index is 13.0. The third-order valence-electron chi connectivity index (χ3n) is 7.97. The number of benzene rings is 2. The summed E-state index contributed by atoms with van der Waals surface area (Å²) in [4.78, 5) is 24.1. The van der Waals surface area contributed by atoms with Crippen molar-refractivity contribution in [1.29, 1.82) is 0 Å². The van der Waals surface area contributed by atoms with Crippen LogP contribution in [0.2, 0.25) is 0 Å². The number of hydrogen-bond donors (Lipinski definition) is 2. The molecule has 35 heavy (non-hydrogen) atoms. The highest BCUT2D eigenvalue weighted by molar-refractivity contribution is 6.04. The first kappa shape index (κ1) is 23.8. The summed E-state index contributed by atoms with van der Waals surface area (Å²) in [6.07, 6.45) is 7.66. The number of amides is 1. The Morgan fingerprint density at radius 1 is 0.943 bits per heavy atom. The number of carboxylic acid groups (broad SMARTS) is 1. The highest BCUT2D eigenvalue weighted by Crippen LogP contribution is 2.61. The molecule has 4 bridgehead atoms. The first-order chi connectivity index (χ1) is 17.0. The molecular formula is C28H33NO6. The monoisotopic (exact) mass is 479 g/mol. The lowest BCUT2D eigenvalue weighted by atomic mass is 9.48. The van der Waals surface area contributed by atoms with Crippen molar-refractivity contribution in [2.24, 2.45) is 17.8 Å². The minimum Gasteiger partial charge on any atom is -0.478 e. The van der Waals surface area contributed by atoms with Gasteiger partial charge in [-0.2, -0.15) is 0 Å². The summed E-state index contributed by atoms with van der Waals surface area (Å²) in [7, 11) is 1.63. The summed E-state index contributed by atoms with van der Waals surface area (Å²) in [6.45, 7) is 1.04. The molecule has 0 heterocycles. The fraction of sp³-hybridized carbons (Fsp3) is 0.500. The standard InChI is InChI=1S/C28H33NO6/c1-33-8-9-34-17-35-25-13-22(26(30)29-23-5-2-21(3-6-23)27(31)32)4-7-24(25)28-14-18-10-19(15-28)12-20(11-18)16-28/h2-7,13,18-20H,8-12,14-17H2,1H3,(H,29,30)(H,31,32). The molecule has 2 aromatic carbocycles. The van der Waals surface area contributed by atoms with E-state index in [1.54, 1.807) is 19.2 Å². The van der Waals surface area contributed by atoms with Gasteiger partial charge in [0.2, 0.25) is 0 Å². The van der Waals surface area contributed by atoms with Crippen LogP contribution in [0.1, 0.15) is 64.8 Å². The summed E-state index contributed by atoms with van der Waals surface area (Å²) in [5.74, 6) is 1.84. The number of nitrogens with one attached hydrogen (secondary N) is 1. The molecule has 2 N–H and O–H groups in total. The quantitative estimate of drug-likeness (QED) is 0.364. The molecule has 0 aliphatic heterocycles. The number of carboxylic acids is 1. The van der Waals surface area contributed by atoms with Gasteiger partial charge < -0.3 is 24.6 Å². The third-order valence-corrected chi connectivity index (χ3v) is 7.97. The van der Waals surface area contributed by atoms with Crippen molar-refractivity contribution in [3.63, 3.8) is 0 Å². The summed E-state index contributed by atoms with van der Waals surface area (Å²) in [5.41, 5.74) is 2.53. The van der Waals surface area contributed by atoms with Gasteiger partial charge in [0.25, 0.3) is 5.91 Å². The van der Waals surface area contributed by atoms with E-state index in [2.05, 4.69) is 11.4 Å². The van der Waals surface area contributed by atoms with Gasteiger partial charge in [-0.1, -0.05) is 6.07 Å². The highest BCUT2D eigenvalue weighted by atomic mass is 16.7. The zero-order chi connectivity index (χ0) is 24.4. The van der Waals surface area contributed by atoms with E-state index in [0.717, 1.165) is 23.5 Å². The Hall–Kier alpha value is -2.90. The molecule has 0 atom stereocenters. The SMILES string of the molecule is COCCOCOc1cc(C(=O)Nc2ccc(C(=O)O)cc2)ccc1C12CC3CC(CC(C3)C1)C2. The number of rotatable bonds is 10. The number of carbonyl (C=O) groups is 2. The van der Waals surface area contributed by atoms with Gasteiger partial charge in [-0.05, 0) is 98.1 Å². The summed E-state index contributed by atoms with van der Waals surface area (Å²) >= 11 is 0. The molecule has 0 radical (unpaired) electrons. The number of anilines is 1. The first-order valence-corrected chi connectivity index (χ1v) is 12.4. The Morgan fingerprint density at radius 3 is 2.17 bits per heavy atom. The van der Waals surface area contributed by atoms with Crippen LogP contribution in [0, 0.1) is 17.8 Å². The topological polar surface area (TPSA) is 94.1 Å². The Bertz CT molecular complexity index is 1040. The van der Waals surface area contributed by atoms with E-state index in [1.807, 2.05) is 12.1 Å². The molecule has 4 aliphatic rings. The lowest BCUT2D eigenvalue weighted by molar-refractivity contribution is -0.0190. The maximum Gasteiger partial charge on any atom is 0.335 e. The van der Waals surface area contributed by atoms with E-state index in [9.17, 15) is 9.59 Å². The van der Waals surface area contributed by atoms with Crippen LogP contribution in [-0.2, 0) is 14.9 Å². The van der Waals surface area contributed by atoms with Crippen LogP contribution in [0.5, 0.6) is 5.75 Å². The fourth-order valence-corrected chi connectivity index (χ4v) is 6.87. The maximum absolute atomic E-state index is 13.0. The van der Waals surface area contributed by atoms with Crippen LogP contribution in [0.3, 0.4) is 0 Å². The molecule has 6 rings (SSSR count). The van der Waals surface area contributed by atoms with Crippen LogP contribution in [0.25, 0.3) is 0 Å². The molecule has 0 spiro atoms. The predicted octanol–water partition coefficient (Wildman–Crippen LogP) is 5.10. The minimum absolute atomic E-state index is 0.102. The summed E-state index contributed by atoms with van der Waals surface area (Å²) in [5, 5.41) is 11.9. The van der Waals surface area contributed by atoms with E-state index in [-0.39, 0.29) is 23.7 Å². The third kappa shape index (κ3) is 5.07. The van der Waals surface area contributed by atoms with E-state index < -0.39 is 5.97 Å². The van der Waals surface area contributed by atoms with Gasteiger partial charge in [0.1, 0.15) is 5.75 Å². The average molecular weight is 480 g/mol. The molecular weight excluding hydrogens is 446 g/mol. The van der Waals surface area contributed by atoms with Gasteiger partial charge in [-0.25, -0.2) is 4.79 Å². The van der Waals surface area contributed by atoms with Crippen molar-refractivity contribution in [2.75, 3.05) is 32.4 Å². The lowest BCUT2D eigenvalue weighted by Crippen LogP contribution is -2.48. The summed E-state index contributed by atoms with van der Waals surface area (Å²) < 4.78 is 16.8. The van der Waals surface area contributed by atoms with Crippen molar-refractivity contribution in [1.82, 2.24) is 0 Å². The molecule has 0 unspecified atom stereocenters. The van der Waals surface area contributed by atoms with Gasteiger partial charge in [-0.15, -0.1) is 0 Å². The molecule has 4 saturated carbocycles. The zero-order valence-electron chi connectivity index (χ0n) is 20.1. The number of hydrogen-bond acceptors (Lipinski definition) is 5. The molecule has 0 saturated heterocycles. The Morgan fingerprint density at radius 2 is 1.57 bits per heavy atom. The zero-order valence-corrected chi connectivity index (χ0v) is 20.1. The van der Waals surface area contributed by atoms with Crippen LogP contribution in [0.4, 0.5) is 5.69 Å². The van der Waals surface area contributed by atoms with Gasteiger partial charge in [-0.3, -0.25) is 4.79 Å². The van der Waals surface area contributed by atoms with Gasteiger partial charge in [0, 0.05) is 23.9 Å². The number of methoxy groups -OCH3 is 1. The molecule has 1 amide bonds. The second kappa shape index (κ2) is 9.99. The van der Waals surface area contributed by atoms with E-state index in [0.29, 0.717) is 24.5 Å². The van der Waals surface area contributed by atoms with E-state index >= 15 is 0 Å². The van der Waals surface area contributed by atoms with E-state index in [1.165, 1.54) is 56.2 Å². The minimum atomic E-state index is -1.00. The van der Waals surface area contributed by atoms with Gasteiger partial charge in [0.15, 0.2) is 6.79 Å². The Labute approximate surface area is 205 Å². The smallest absolute Gasteiger partial charge is 0.335 e. The van der Waals surface area contributed by atoms with Crippen molar-refractivity contribution in [3.05, 3.63) is 59.2 Å². The summed E-state index contributed by atoms with van der Waals surface area (Å²) in [6, 6.07) is 11.9. The molecule has 2 aromatic rings. The van der Waals surface area contributed by atoms with Crippen molar-refractivity contribution in [2.45, 2.75) is 43.9 Å². The second-order valence-electron chi connectivity index (χ2n) is 10.4. The normalized spacial score (nSPS) is 26.5. The second-order valence-corrected chi connectivity index (χ2v) is 10.4. The van der Waals surface area contributed by atoms with Crippen LogP contribution in [-0.4, -0.2) is 44.1 Å². The number of ether oxygens (including phenoxy) is 3. The van der Waals surface area contributed by atoms with Gasteiger partial charge >= 0.3 is 5.97 Å². The first-order valence-electron chi connectivity index (χ1n) is 12.4. The van der Waals surface area contributed by atoms with Gasteiger partial charge in [0.05, 0.1) is 18.8 Å². The van der Waals surface area contributed by atoms with Crippen molar-refractivity contribution >= 4 is 17.6 Å². The molecule has 7 nitrogen and oxygen atoms in total. The lowest BCUT2D eigenvalue weighted by Gasteiger charge is -2.57. The van der Waals surface area contributed by atoms with Crippen LogP contribution < -0.4 is 10.1 Å². The molecule has 4 fully saturated rings. The van der Waals surface area contributed by atoms with Crippen molar-refractivity contribution < 1.29 is 28.9 Å². The Balaban J connectivity index is 1.38. The van der Waals surface area contributed by atoms with E-state index in [4.69, 9.17) is 19.3 Å². The van der Waals surface area contributed by atoms with Crippen LogP contribution in [0.15, 0.2) is 42.5 Å².